The molecule has 0 saturated heterocycles. The Morgan fingerprint density at radius 3 is 2.27 bits per heavy atom. The largest absolute Gasteiger partial charge is 0.354 e. The number of hydrogen-bond acceptors (Lipinski definition) is 2. The summed E-state index contributed by atoms with van der Waals surface area (Å²) in [5, 5.41) is 6.16. The summed E-state index contributed by atoms with van der Waals surface area (Å²) in [5.74, 6) is 0.133. The molecule has 0 atom stereocenters. The van der Waals surface area contributed by atoms with E-state index in [1.54, 1.807) is 0 Å². The Morgan fingerprint density at radius 1 is 1.20 bits per heavy atom. The van der Waals surface area contributed by atoms with Gasteiger partial charge in [0.1, 0.15) is 0 Å². The van der Waals surface area contributed by atoms with Crippen LogP contribution in [-0.2, 0) is 4.79 Å². The van der Waals surface area contributed by atoms with Crippen LogP contribution in [0.1, 0.15) is 47.5 Å². The summed E-state index contributed by atoms with van der Waals surface area (Å²) in [6.07, 6.45) is 1.71. The van der Waals surface area contributed by atoms with Gasteiger partial charge in [-0.1, -0.05) is 20.8 Å². The van der Waals surface area contributed by atoms with E-state index in [2.05, 4.69) is 31.4 Å². The minimum atomic E-state index is 0.133. The smallest absolute Gasteiger partial charge is 0.221 e. The second-order valence-corrected chi connectivity index (χ2v) is 5.53. The average molecular weight is 214 g/mol. The first-order chi connectivity index (χ1) is 6.81. The molecule has 0 aliphatic carbocycles. The molecule has 3 nitrogen and oxygen atoms in total. The Hall–Kier alpha value is -0.570. The maximum Gasteiger partial charge on any atom is 0.221 e. The molecule has 0 aliphatic heterocycles. The Balaban J connectivity index is 3.35. The normalized spacial score (nSPS) is 11.9. The summed E-state index contributed by atoms with van der Waals surface area (Å²) in [7, 11) is 0. The van der Waals surface area contributed by atoms with Crippen LogP contribution in [0.15, 0.2) is 0 Å². The van der Waals surface area contributed by atoms with E-state index in [9.17, 15) is 4.79 Å². The third kappa shape index (κ3) is 11.4. The molecule has 0 aromatic carbocycles. The van der Waals surface area contributed by atoms with Crippen LogP contribution in [0, 0.1) is 5.41 Å². The number of rotatable bonds is 6. The zero-order chi connectivity index (χ0) is 11.9. The van der Waals surface area contributed by atoms with Crippen molar-refractivity contribution in [2.75, 3.05) is 13.1 Å². The van der Waals surface area contributed by atoms with E-state index in [0.29, 0.717) is 11.8 Å². The zero-order valence-electron chi connectivity index (χ0n) is 10.8. The predicted octanol–water partition coefficient (Wildman–Crippen LogP) is 1.93. The molecule has 0 aromatic rings. The van der Waals surface area contributed by atoms with Gasteiger partial charge in [-0.2, -0.15) is 0 Å². The van der Waals surface area contributed by atoms with Gasteiger partial charge in [0.05, 0.1) is 0 Å². The topological polar surface area (TPSA) is 41.1 Å². The van der Waals surface area contributed by atoms with Crippen molar-refractivity contribution in [1.29, 1.82) is 0 Å². The molecule has 1 amide bonds. The second-order valence-electron chi connectivity index (χ2n) is 5.53. The van der Waals surface area contributed by atoms with Crippen LogP contribution in [0.25, 0.3) is 0 Å². The highest BCUT2D eigenvalue weighted by Crippen LogP contribution is 2.16. The third-order valence-electron chi connectivity index (χ3n) is 2.03. The number of carbonyl (C=O) groups excluding carboxylic acids is 1. The van der Waals surface area contributed by atoms with Gasteiger partial charge in [-0.25, -0.2) is 0 Å². The van der Waals surface area contributed by atoms with E-state index in [1.165, 1.54) is 0 Å². The highest BCUT2D eigenvalue weighted by molar-refractivity contribution is 5.76. The lowest BCUT2D eigenvalue weighted by atomic mass is 9.92. The molecule has 0 aromatic heterocycles. The summed E-state index contributed by atoms with van der Waals surface area (Å²) in [4.78, 5) is 11.3. The van der Waals surface area contributed by atoms with Crippen molar-refractivity contribution in [1.82, 2.24) is 10.6 Å². The zero-order valence-corrected chi connectivity index (χ0v) is 10.8. The Bertz CT molecular complexity index is 183. The van der Waals surface area contributed by atoms with Crippen LogP contribution in [0.4, 0.5) is 0 Å². The first-order valence-electron chi connectivity index (χ1n) is 5.81. The minimum absolute atomic E-state index is 0.133. The van der Waals surface area contributed by atoms with Crippen molar-refractivity contribution in [3.63, 3.8) is 0 Å². The SMILES string of the molecule is CC(C)NC(=O)CCNCCC(C)(C)C. The number of carbonyl (C=O) groups is 1. The average Bonchev–Trinajstić information content (AvgIpc) is 1.99. The van der Waals surface area contributed by atoms with E-state index in [1.807, 2.05) is 13.8 Å². The Labute approximate surface area is 94.0 Å². The minimum Gasteiger partial charge on any atom is -0.354 e. The van der Waals surface area contributed by atoms with Crippen molar-refractivity contribution < 1.29 is 4.79 Å². The molecule has 0 rings (SSSR count). The molecule has 3 heteroatoms. The lowest BCUT2D eigenvalue weighted by molar-refractivity contribution is -0.121. The second kappa shape index (κ2) is 6.83. The van der Waals surface area contributed by atoms with E-state index in [4.69, 9.17) is 0 Å². The summed E-state index contributed by atoms with van der Waals surface area (Å²) in [6.45, 7) is 12.4. The van der Waals surface area contributed by atoms with Gasteiger partial charge in [-0.05, 0) is 32.2 Å². The van der Waals surface area contributed by atoms with Crippen molar-refractivity contribution in [3.8, 4) is 0 Å². The maximum absolute atomic E-state index is 11.3. The van der Waals surface area contributed by atoms with Gasteiger partial charge >= 0.3 is 0 Å². The standard InChI is InChI=1S/C12H26N2O/c1-10(2)14-11(15)6-8-13-9-7-12(3,4)5/h10,13H,6-9H2,1-5H3,(H,14,15). The summed E-state index contributed by atoms with van der Waals surface area (Å²) >= 11 is 0. The van der Waals surface area contributed by atoms with Gasteiger partial charge in [0.25, 0.3) is 0 Å². The molecule has 2 N–H and O–H groups in total. The van der Waals surface area contributed by atoms with E-state index >= 15 is 0 Å². The predicted molar refractivity (Wildman–Crippen MR) is 64.8 cm³/mol. The monoisotopic (exact) mass is 214 g/mol. The van der Waals surface area contributed by atoms with Crippen LogP contribution in [0.5, 0.6) is 0 Å². The summed E-state index contributed by atoms with van der Waals surface area (Å²) in [5.41, 5.74) is 0.368. The van der Waals surface area contributed by atoms with Crippen molar-refractivity contribution in [3.05, 3.63) is 0 Å². The van der Waals surface area contributed by atoms with Crippen molar-refractivity contribution in [2.24, 2.45) is 5.41 Å². The number of amides is 1. The van der Waals surface area contributed by atoms with Gasteiger partial charge in [0.15, 0.2) is 0 Å². The molecule has 0 heterocycles. The molecule has 0 unspecified atom stereocenters. The molecule has 0 bridgehead atoms. The lowest BCUT2D eigenvalue weighted by Gasteiger charge is -2.18. The number of hydrogen-bond donors (Lipinski definition) is 2. The van der Waals surface area contributed by atoms with E-state index < -0.39 is 0 Å². The maximum atomic E-state index is 11.3. The molecule has 0 saturated carbocycles. The van der Waals surface area contributed by atoms with E-state index in [-0.39, 0.29) is 11.9 Å². The molecular formula is C12H26N2O. The first-order valence-corrected chi connectivity index (χ1v) is 5.81. The fraction of sp³-hybridized carbons (Fsp3) is 0.917. The lowest BCUT2D eigenvalue weighted by Crippen LogP contribution is -2.33. The first kappa shape index (κ1) is 14.4. The highest BCUT2D eigenvalue weighted by Gasteiger charge is 2.09. The Morgan fingerprint density at radius 2 is 1.80 bits per heavy atom. The quantitative estimate of drug-likeness (QED) is 0.663. The van der Waals surface area contributed by atoms with Crippen molar-refractivity contribution >= 4 is 5.91 Å². The van der Waals surface area contributed by atoms with Gasteiger partial charge < -0.3 is 10.6 Å². The molecule has 0 aliphatic rings. The summed E-state index contributed by atoms with van der Waals surface area (Å²) in [6, 6.07) is 0.243. The molecule has 15 heavy (non-hydrogen) atoms. The highest BCUT2D eigenvalue weighted by atomic mass is 16.1. The molecule has 0 fully saturated rings. The Kier molecular flexibility index (Phi) is 6.57. The molecule has 0 spiro atoms. The van der Waals surface area contributed by atoms with Crippen LogP contribution < -0.4 is 10.6 Å². The molecule has 90 valence electrons. The van der Waals surface area contributed by atoms with Crippen LogP contribution in [0.3, 0.4) is 0 Å². The fourth-order valence-electron chi connectivity index (χ4n) is 1.18. The molecule has 0 radical (unpaired) electrons. The van der Waals surface area contributed by atoms with Crippen LogP contribution in [-0.4, -0.2) is 25.0 Å². The molecular weight excluding hydrogens is 188 g/mol. The number of nitrogens with one attached hydrogen (secondary N) is 2. The third-order valence-corrected chi connectivity index (χ3v) is 2.03. The van der Waals surface area contributed by atoms with Gasteiger partial charge in [0.2, 0.25) is 5.91 Å². The van der Waals surface area contributed by atoms with Gasteiger partial charge in [-0.3, -0.25) is 4.79 Å². The van der Waals surface area contributed by atoms with Crippen LogP contribution in [0.2, 0.25) is 0 Å². The van der Waals surface area contributed by atoms with Crippen molar-refractivity contribution in [2.45, 2.75) is 53.5 Å². The summed E-state index contributed by atoms with van der Waals surface area (Å²) < 4.78 is 0. The van der Waals surface area contributed by atoms with E-state index in [0.717, 1.165) is 19.5 Å². The van der Waals surface area contributed by atoms with Gasteiger partial charge in [-0.15, -0.1) is 0 Å². The van der Waals surface area contributed by atoms with Crippen LogP contribution >= 0.6 is 0 Å². The fourth-order valence-corrected chi connectivity index (χ4v) is 1.18. The van der Waals surface area contributed by atoms with Gasteiger partial charge in [0, 0.05) is 19.0 Å².